The van der Waals surface area contributed by atoms with Crippen molar-refractivity contribution >= 4 is 21.7 Å². The van der Waals surface area contributed by atoms with E-state index in [9.17, 15) is 13.2 Å². The van der Waals surface area contributed by atoms with Crippen LogP contribution in [0.1, 0.15) is 30.6 Å². The summed E-state index contributed by atoms with van der Waals surface area (Å²) in [5, 5.41) is 8.97. The van der Waals surface area contributed by atoms with Crippen molar-refractivity contribution in [2.24, 2.45) is 0 Å². The minimum atomic E-state index is -3.99. The van der Waals surface area contributed by atoms with Crippen LogP contribution < -0.4 is 10.5 Å². The van der Waals surface area contributed by atoms with Crippen LogP contribution in [0.5, 0.6) is 0 Å². The third kappa shape index (κ3) is 4.42. The molecule has 0 unspecified atom stereocenters. The minimum absolute atomic E-state index is 0.0981. The van der Waals surface area contributed by atoms with Crippen molar-refractivity contribution in [1.82, 2.24) is 4.72 Å². The summed E-state index contributed by atoms with van der Waals surface area (Å²) in [4.78, 5) is 11.4. The predicted octanol–water partition coefficient (Wildman–Crippen LogP) is 0.495. The average molecular weight is 316 g/mol. The van der Waals surface area contributed by atoms with Crippen LogP contribution in [-0.4, -0.2) is 38.7 Å². The molecule has 118 valence electrons. The van der Waals surface area contributed by atoms with Crippen molar-refractivity contribution in [3.05, 3.63) is 23.8 Å². The van der Waals surface area contributed by atoms with Gasteiger partial charge in [-0.15, -0.1) is 0 Å². The van der Waals surface area contributed by atoms with E-state index < -0.39 is 21.5 Å². The Labute approximate surface area is 124 Å². The molecule has 0 aliphatic heterocycles. The first-order chi connectivity index (χ1) is 9.63. The molecule has 21 heavy (non-hydrogen) atoms. The largest absolute Gasteiger partial charge is 0.465 e. The third-order valence-corrected chi connectivity index (χ3v) is 4.59. The fourth-order valence-corrected chi connectivity index (χ4v) is 3.46. The van der Waals surface area contributed by atoms with E-state index in [0.717, 1.165) is 7.11 Å². The van der Waals surface area contributed by atoms with Gasteiger partial charge in [0.05, 0.1) is 17.6 Å². The van der Waals surface area contributed by atoms with E-state index >= 15 is 0 Å². The summed E-state index contributed by atoms with van der Waals surface area (Å²) in [5.41, 5.74) is 4.85. The number of esters is 1. The molecule has 1 rings (SSSR count). The second-order valence-corrected chi connectivity index (χ2v) is 6.86. The van der Waals surface area contributed by atoms with Crippen molar-refractivity contribution in [1.29, 1.82) is 0 Å². The Kier molecular flexibility index (Phi) is 5.32. The molecule has 1 aromatic carbocycles. The van der Waals surface area contributed by atoms with Gasteiger partial charge in [-0.05, 0) is 38.5 Å². The van der Waals surface area contributed by atoms with Gasteiger partial charge in [-0.25, -0.2) is 17.9 Å². The van der Waals surface area contributed by atoms with Gasteiger partial charge in [-0.1, -0.05) is 0 Å². The van der Waals surface area contributed by atoms with Crippen LogP contribution in [0.4, 0.5) is 5.69 Å². The number of aliphatic hydroxyl groups is 1. The number of aliphatic hydroxyl groups excluding tert-OH is 1. The molecule has 8 heteroatoms. The number of nitrogen functional groups attached to an aromatic ring is 1. The van der Waals surface area contributed by atoms with Gasteiger partial charge in [0.1, 0.15) is 0 Å². The lowest BCUT2D eigenvalue weighted by atomic mass is 10.0. The van der Waals surface area contributed by atoms with E-state index in [1.54, 1.807) is 13.8 Å². The van der Waals surface area contributed by atoms with E-state index in [4.69, 9.17) is 10.8 Å². The molecule has 0 fully saturated rings. The summed E-state index contributed by atoms with van der Waals surface area (Å²) in [6, 6.07) is 3.92. The molecule has 1 aromatic rings. The SMILES string of the molecule is COC(=O)c1ccc(N)cc1S(=O)(=O)NC(C)(C)CCO. The number of carbonyl (C=O) groups is 1. The Morgan fingerprint density at radius 2 is 2.05 bits per heavy atom. The second-order valence-electron chi connectivity index (χ2n) is 5.21. The van der Waals surface area contributed by atoms with Crippen LogP contribution >= 0.6 is 0 Å². The van der Waals surface area contributed by atoms with Crippen molar-refractivity contribution in [2.75, 3.05) is 19.5 Å². The van der Waals surface area contributed by atoms with Gasteiger partial charge in [-0.2, -0.15) is 0 Å². The van der Waals surface area contributed by atoms with Crippen LogP contribution in [0.3, 0.4) is 0 Å². The van der Waals surface area contributed by atoms with Gasteiger partial charge in [0.2, 0.25) is 10.0 Å². The van der Waals surface area contributed by atoms with Crippen molar-refractivity contribution in [3.8, 4) is 0 Å². The van der Waals surface area contributed by atoms with Gasteiger partial charge in [0.25, 0.3) is 0 Å². The quantitative estimate of drug-likeness (QED) is 0.519. The van der Waals surface area contributed by atoms with Gasteiger partial charge in [0.15, 0.2) is 0 Å². The lowest BCUT2D eigenvalue weighted by molar-refractivity contribution is 0.0596. The zero-order chi connectivity index (χ0) is 16.3. The molecule has 0 amide bonds. The summed E-state index contributed by atoms with van der Waals surface area (Å²) in [5.74, 6) is -0.768. The molecule has 0 spiro atoms. The Morgan fingerprint density at radius 3 is 2.57 bits per heavy atom. The van der Waals surface area contributed by atoms with Gasteiger partial charge >= 0.3 is 5.97 Å². The number of carbonyl (C=O) groups excluding carboxylic acids is 1. The van der Waals surface area contributed by atoms with Crippen LogP contribution in [-0.2, 0) is 14.8 Å². The molecule has 0 atom stereocenters. The van der Waals surface area contributed by atoms with Gasteiger partial charge in [0, 0.05) is 17.8 Å². The molecule has 4 N–H and O–H groups in total. The molecule has 7 nitrogen and oxygen atoms in total. The maximum atomic E-state index is 12.5. The molecule has 0 aliphatic rings. The Morgan fingerprint density at radius 1 is 1.43 bits per heavy atom. The summed E-state index contributed by atoms with van der Waals surface area (Å²) in [6.45, 7) is 3.09. The first-order valence-electron chi connectivity index (χ1n) is 6.25. The van der Waals surface area contributed by atoms with Crippen LogP contribution in [0.25, 0.3) is 0 Å². The van der Waals surface area contributed by atoms with Crippen molar-refractivity contribution in [3.63, 3.8) is 0 Å². The summed E-state index contributed by atoms with van der Waals surface area (Å²) in [6.07, 6.45) is 0.224. The fourth-order valence-electron chi connectivity index (χ4n) is 1.79. The highest BCUT2D eigenvalue weighted by Crippen LogP contribution is 2.22. The summed E-state index contributed by atoms with van der Waals surface area (Å²) < 4.78 is 31.9. The Hall–Kier alpha value is -1.64. The maximum absolute atomic E-state index is 12.5. The third-order valence-electron chi connectivity index (χ3n) is 2.85. The number of ether oxygens (including phenoxy) is 1. The van der Waals surface area contributed by atoms with Crippen LogP contribution in [0, 0.1) is 0 Å². The molecule has 0 saturated heterocycles. The number of hydrogen-bond acceptors (Lipinski definition) is 6. The highest BCUT2D eigenvalue weighted by Gasteiger charge is 2.29. The zero-order valence-corrected chi connectivity index (χ0v) is 13.0. The van der Waals surface area contributed by atoms with Gasteiger partial charge < -0.3 is 15.6 Å². The molecule has 0 saturated carbocycles. The van der Waals surface area contributed by atoms with E-state index in [1.165, 1.54) is 18.2 Å². The lowest BCUT2D eigenvalue weighted by Gasteiger charge is -2.25. The predicted molar refractivity (Wildman–Crippen MR) is 78.3 cm³/mol. The number of anilines is 1. The second kappa shape index (κ2) is 6.42. The van der Waals surface area contributed by atoms with E-state index in [0.29, 0.717) is 0 Å². The minimum Gasteiger partial charge on any atom is -0.465 e. The maximum Gasteiger partial charge on any atom is 0.339 e. The van der Waals surface area contributed by atoms with E-state index in [1.807, 2.05) is 0 Å². The Balaban J connectivity index is 3.31. The summed E-state index contributed by atoms with van der Waals surface area (Å²) >= 11 is 0. The molecule has 0 radical (unpaired) electrons. The highest BCUT2D eigenvalue weighted by atomic mass is 32.2. The Bertz CT molecular complexity index is 625. The smallest absolute Gasteiger partial charge is 0.339 e. The number of benzene rings is 1. The first-order valence-corrected chi connectivity index (χ1v) is 7.74. The fraction of sp³-hybridized carbons (Fsp3) is 0.462. The topological polar surface area (TPSA) is 119 Å². The standard InChI is InChI=1S/C13H20N2O5S/c1-13(2,6-7-16)15-21(18,19)11-8-9(14)4-5-10(11)12(17)20-3/h4-5,8,15-16H,6-7,14H2,1-3H3. The van der Waals surface area contributed by atoms with Crippen molar-refractivity contribution in [2.45, 2.75) is 30.7 Å². The summed E-state index contributed by atoms with van der Waals surface area (Å²) in [7, 11) is -2.83. The zero-order valence-electron chi connectivity index (χ0n) is 12.2. The van der Waals surface area contributed by atoms with Crippen LogP contribution in [0.2, 0.25) is 0 Å². The number of sulfonamides is 1. The molecule has 0 aromatic heterocycles. The molecule has 0 heterocycles. The number of nitrogens with one attached hydrogen (secondary N) is 1. The molecular weight excluding hydrogens is 296 g/mol. The first kappa shape index (κ1) is 17.4. The lowest BCUT2D eigenvalue weighted by Crippen LogP contribution is -2.44. The van der Waals surface area contributed by atoms with E-state index in [-0.39, 0.29) is 29.2 Å². The number of rotatable bonds is 6. The van der Waals surface area contributed by atoms with Crippen LogP contribution in [0.15, 0.2) is 23.1 Å². The average Bonchev–Trinajstić information content (AvgIpc) is 2.36. The number of hydrogen-bond donors (Lipinski definition) is 3. The molecule has 0 aliphatic carbocycles. The molecular formula is C13H20N2O5S. The number of nitrogens with two attached hydrogens (primary N) is 1. The monoisotopic (exact) mass is 316 g/mol. The van der Waals surface area contributed by atoms with Gasteiger partial charge in [-0.3, -0.25) is 0 Å². The molecule has 0 bridgehead atoms. The van der Waals surface area contributed by atoms with E-state index in [2.05, 4.69) is 9.46 Å². The number of methoxy groups -OCH3 is 1. The van der Waals surface area contributed by atoms with Crippen molar-refractivity contribution < 1.29 is 23.1 Å². The normalized spacial score (nSPS) is 12.2. The highest BCUT2D eigenvalue weighted by molar-refractivity contribution is 7.89.